The van der Waals surface area contributed by atoms with Gasteiger partial charge in [0.25, 0.3) is 5.91 Å². The van der Waals surface area contributed by atoms with Crippen molar-refractivity contribution in [2.24, 2.45) is 0 Å². The molecule has 10 nitrogen and oxygen atoms in total. The first kappa shape index (κ1) is 29.5. The predicted molar refractivity (Wildman–Crippen MR) is 150 cm³/mol. The van der Waals surface area contributed by atoms with E-state index in [4.69, 9.17) is 23.2 Å². The Morgan fingerprint density at radius 2 is 1.77 bits per heavy atom. The largest absolute Gasteiger partial charge is 0.480 e. The summed E-state index contributed by atoms with van der Waals surface area (Å²) in [5, 5.41) is 15.3. The van der Waals surface area contributed by atoms with Crippen molar-refractivity contribution < 1.29 is 27.9 Å². The fraction of sp³-hybridized carbons (Fsp3) is 0.259. The van der Waals surface area contributed by atoms with Crippen LogP contribution in [0.4, 0.5) is 5.69 Å². The fourth-order valence-electron chi connectivity index (χ4n) is 4.53. The first-order valence-corrected chi connectivity index (χ1v) is 14.4. The second kappa shape index (κ2) is 11.9. The number of nitrogens with zero attached hydrogens (tertiary/aromatic N) is 2. The molecule has 0 bridgehead atoms. The number of nitrogens with one attached hydrogen (secondary N) is 2. The molecule has 1 saturated heterocycles. The zero-order chi connectivity index (χ0) is 29.1. The lowest BCUT2D eigenvalue weighted by Gasteiger charge is -2.34. The average Bonchev–Trinajstić information content (AvgIpc) is 3.33. The van der Waals surface area contributed by atoms with Gasteiger partial charge in [0.05, 0.1) is 10.5 Å². The number of hydrogen-bond donors (Lipinski definition) is 3. The number of rotatable bonds is 9. The number of aromatic nitrogens is 1. The Balaban J connectivity index is 1.47. The van der Waals surface area contributed by atoms with Crippen LogP contribution in [0.15, 0.2) is 71.9 Å². The van der Waals surface area contributed by atoms with Crippen molar-refractivity contribution in [1.82, 2.24) is 14.6 Å². The number of benzene rings is 2. The second-order valence-electron chi connectivity index (χ2n) is 9.52. The minimum absolute atomic E-state index is 0.0648. The smallest absolute Gasteiger partial charge is 0.326 e. The molecule has 1 aromatic heterocycles. The number of carboxylic acids is 1. The quantitative estimate of drug-likeness (QED) is 0.334. The Morgan fingerprint density at radius 1 is 1.10 bits per heavy atom. The highest BCUT2D eigenvalue weighted by Gasteiger charge is 2.50. The molecule has 2 amide bonds. The summed E-state index contributed by atoms with van der Waals surface area (Å²) in [5.74, 6) is -2.35. The Morgan fingerprint density at radius 3 is 2.38 bits per heavy atom. The minimum Gasteiger partial charge on any atom is -0.480 e. The van der Waals surface area contributed by atoms with E-state index < -0.39 is 33.5 Å². The van der Waals surface area contributed by atoms with Crippen LogP contribution in [0.25, 0.3) is 0 Å². The van der Waals surface area contributed by atoms with Crippen molar-refractivity contribution in [2.45, 2.75) is 42.7 Å². The van der Waals surface area contributed by atoms with Crippen molar-refractivity contribution in [3.8, 4) is 0 Å². The van der Waals surface area contributed by atoms with Gasteiger partial charge in [-0.25, -0.2) is 13.2 Å². The maximum Gasteiger partial charge on any atom is 0.326 e. The third kappa shape index (κ3) is 6.44. The highest BCUT2D eigenvalue weighted by Crippen LogP contribution is 2.36. The molecule has 0 aliphatic carbocycles. The second-order valence-corrected chi connectivity index (χ2v) is 12.3. The molecule has 1 fully saturated rings. The van der Waals surface area contributed by atoms with Crippen LogP contribution in [-0.4, -0.2) is 58.7 Å². The van der Waals surface area contributed by atoms with Crippen LogP contribution < -0.4 is 10.6 Å². The van der Waals surface area contributed by atoms with Gasteiger partial charge in [-0.1, -0.05) is 35.3 Å². The van der Waals surface area contributed by atoms with E-state index in [-0.39, 0.29) is 40.2 Å². The van der Waals surface area contributed by atoms with Crippen LogP contribution in [0.5, 0.6) is 0 Å². The highest BCUT2D eigenvalue weighted by molar-refractivity contribution is 7.89. The standard InChI is InChI=1S/C27H26Cl2N4O6S/c1-27(9-3-11-33(27)40(38,39)22-14-19(28)13-20(29)15-22)26(37)32-23(25(35)36)12-17-5-7-21(8-6-17)31-24(34)18-4-2-10-30-16-18/h2,4-8,10,13-16,23H,3,9,11-12H2,1H3,(H,31,34)(H,32,37)(H,35,36)/t23-,27-/m0/s1. The van der Waals surface area contributed by atoms with E-state index >= 15 is 0 Å². The van der Waals surface area contributed by atoms with Gasteiger partial charge in [0.2, 0.25) is 15.9 Å². The third-order valence-electron chi connectivity index (χ3n) is 6.67. The Hall–Kier alpha value is -3.51. The molecular weight excluding hydrogens is 579 g/mol. The van der Waals surface area contributed by atoms with Crippen LogP contribution in [0, 0.1) is 0 Å². The number of carbonyl (C=O) groups excluding carboxylic acids is 2. The number of carboxylic acid groups (broad SMARTS) is 1. The summed E-state index contributed by atoms with van der Waals surface area (Å²) in [6.45, 7) is 1.54. The number of hydrogen-bond acceptors (Lipinski definition) is 6. The molecule has 210 valence electrons. The lowest BCUT2D eigenvalue weighted by Crippen LogP contribution is -2.58. The van der Waals surface area contributed by atoms with Crippen LogP contribution in [0.3, 0.4) is 0 Å². The van der Waals surface area contributed by atoms with Crippen LogP contribution in [0.1, 0.15) is 35.7 Å². The monoisotopic (exact) mass is 604 g/mol. The van der Waals surface area contributed by atoms with Gasteiger partial charge in [0.1, 0.15) is 11.6 Å². The molecule has 0 unspecified atom stereocenters. The Kier molecular flexibility index (Phi) is 8.79. The molecule has 0 saturated carbocycles. The van der Waals surface area contributed by atoms with Gasteiger partial charge in [0, 0.05) is 41.1 Å². The third-order valence-corrected chi connectivity index (χ3v) is 9.10. The molecule has 0 spiro atoms. The predicted octanol–water partition coefficient (Wildman–Crippen LogP) is 4.00. The van der Waals surface area contributed by atoms with Crippen LogP contribution in [0.2, 0.25) is 10.0 Å². The van der Waals surface area contributed by atoms with Crippen molar-refractivity contribution >= 4 is 56.7 Å². The van der Waals surface area contributed by atoms with E-state index in [0.717, 1.165) is 4.31 Å². The number of amides is 2. The van der Waals surface area contributed by atoms with E-state index in [1.54, 1.807) is 42.6 Å². The maximum absolute atomic E-state index is 13.4. The maximum atomic E-state index is 13.4. The number of pyridine rings is 1. The number of sulfonamides is 1. The van der Waals surface area contributed by atoms with Gasteiger partial charge < -0.3 is 15.7 Å². The minimum atomic E-state index is -4.17. The Labute approximate surface area is 241 Å². The number of carbonyl (C=O) groups is 3. The molecule has 4 rings (SSSR count). The van der Waals surface area contributed by atoms with Gasteiger partial charge in [-0.05, 0) is 67.8 Å². The molecule has 3 aromatic rings. The highest BCUT2D eigenvalue weighted by atomic mass is 35.5. The van der Waals surface area contributed by atoms with Crippen molar-refractivity contribution in [1.29, 1.82) is 0 Å². The van der Waals surface area contributed by atoms with Crippen molar-refractivity contribution in [3.63, 3.8) is 0 Å². The number of aliphatic carboxylic acids is 1. The summed E-state index contributed by atoms with van der Waals surface area (Å²) in [5.41, 5.74) is -0.0623. The molecule has 0 radical (unpaired) electrons. The summed E-state index contributed by atoms with van der Waals surface area (Å²) < 4.78 is 28.0. The van der Waals surface area contributed by atoms with Crippen LogP contribution in [-0.2, 0) is 26.0 Å². The van der Waals surface area contributed by atoms with Crippen molar-refractivity contribution in [2.75, 3.05) is 11.9 Å². The lowest BCUT2D eigenvalue weighted by atomic mass is 9.97. The lowest BCUT2D eigenvalue weighted by molar-refractivity contribution is -0.143. The first-order valence-electron chi connectivity index (χ1n) is 12.2. The van der Waals surface area contributed by atoms with Crippen LogP contribution >= 0.6 is 23.2 Å². The van der Waals surface area contributed by atoms with Gasteiger partial charge in [-0.15, -0.1) is 0 Å². The zero-order valence-electron chi connectivity index (χ0n) is 21.3. The SMILES string of the molecule is C[C@@]1(C(=O)N[C@@H](Cc2ccc(NC(=O)c3cccnc3)cc2)C(=O)O)CCCN1S(=O)(=O)c1cc(Cl)cc(Cl)c1. The Bertz CT molecular complexity index is 1520. The molecular formula is C27H26Cl2N4O6S. The number of halogens is 2. The van der Waals surface area contributed by atoms with E-state index in [9.17, 15) is 27.9 Å². The topological polar surface area (TPSA) is 146 Å². The van der Waals surface area contributed by atoms with Gasteiger partial charge in [-0.3, -0.25) is 14.6 Å². The molecule has 2 aromatic carbocycles. The summed E-state index contributed by atoms with van der Waals surface area (Å²) in [6, 6.07) is 12.4. The van der Waals surface area contributed by atoms with E-state index in [0.29, 0.717) is 23.2 Å². The number of anilines is 1. The first-order chi connectivity index (χ1) is 18.9. The molecule has 2 atom stereocenters. The van der Waals surface area contributed by atoms with E-state index in [1.807, 2.05) is 0 Å². The molecule has 13 heteroatoms. The molecule has 1 aliphatic rings. The van der Waals surface area contributed by atoms with Crippen molar-refractivity contribution in [3.05, 3.63) is 88.2 Å². The molecule has 40 heavy (non-hydrogen) atoms. The van der Waals surface area contributed by atoms with Gasteiger partial charge >= 0.3 is 5.97 Å². The zero-order valence-corrected chi connectivity index (χ0v) is 23.6. The normalized spacial score (nSPS) is 18.2. The van der Waals surface area contributed by atoms with E-state index in [2.05, 4.69) is 15.6 Å². The van der Waals surface area contributed by atoms with Gasteiger partial charge in [0.15, 0.2) is 0 Å². The summed E-state index contributed by atoms with van der Waals surface area (Å²) in [4.78, 5) is 41.6. The summed E-state index contributed by atoms with van der Waals surface area (Å²) in [6.07, 6.45) is 3.53. The van der Waals surface area contributed by atoms with Gasteiger partial charge in [-0.2, -0.15) is 4.31 Å². The average molecular weight is 606 g/mol. The fourth-order valence-corrected chi connectivity index (χ4v) is 7.07. The molecule has 1 aliphatic heterocycles. The van der Waals surface area contributed by atoms with E-state index in [1.165, 1.54) is 31.3 Å². The summed E-state index contributed by atoms with van der Waals surface area (Å²) >= 11 is 12.0. The molecule has 3 N–H and O–H groups in total. The molecule has 2 heterocycles. The summed E-state index contributed by atoms with van der Waals surface area (Å²) in [7, 11) is -4.17.